The molecule has 0 radical (unpaired) electrons. The van der Waals surface area contributed by atoms with Gasteiger partial charge in [-0.3, -0.25) is 29.8 Å². The number of amides is 2. The predicted molar refractivity (Wildman–Crippen MR) is 127 cm³/mol. The Bertz CT molecular complexity index is 1410. The fourth-order valence-electron chi connectivity index (χ4n) is 3.24. The highest BCUT2D eigenvalue weighted by molar-refractivity contribution is 7.17. The molecule has 2 aromatic heterocycles. The van der Waals surface area contributed by atoms with Gasteiger partial charge in [-0.25, -0.2) is 4.98 Å². The fourth-order valence-corrected chi connectivity index (χ4v) is 4.32. The lowest BCUT2D eigenvalue weighted by molar-refractivity contribution is -0.122. The van der Waals surface area contributed by atoms with E-state index in [0.29, 0.717) is 10.2 Å². The van der Waals surface area contributed by atoms with Crippen molar-refractivity contribution in [3.05, 3.63) is 80.7 Å². The molecule has 3 N–H and O–H groups in total. The number of rotatable bonds is 5. The lowest BCUT2D eigenvalue weighted by Crippen LogP contribution is -2.42. The number of phenols is 1. The molecular formula is C23H19ClN4O4S. The van der Waals surface area contributed by atoms with Gasteiger partial charge in [-0.2, -0.15) is 0 Å². The average molecular weight is 483 g/mol. The van der Waals surface area contributed by atoms with E-state index in [-0.39, 0.29) is 34.9 Å². The second kappa shape index (κ2) is 9.43. The number of hydrazine groups is 1. The Morgan fingerprint density at radius 2 is 1.91 bits per heavy atom. The van der Waals surface area contributed by atoms with Gasteiger partial charge in [0, 0.05) is 28.9 Å². The van der Waals surface area contributed by atoms with E-state index < -0.39 is 11.8 Å². The molecule has 0 spiro atoms. The Hall–Kier alpha value is -3.69. The molecule has 2 aromatic carbocycles. The van der Waals surface area contributed by atoms with Gasteiger partial charge in [0.1, 0.15) is 10.6 Å². The number of nitrogens with zero attached hydrogens (tertiary/aromatic N) is 2. The molecule has 168 valence electrons. The van der Waals surface area contributed by atoms with Gasteiger partial charge in [-0.05, 0) is 30.7 Å². The number of benzene rings is 2. The number of aryl methyl sites for hydroxylation is 2. The minimum Gasteiger partial charge on any atom is -0.507 e. The molecule has 0 atom stereocenters. The Labute approximate surface area is 197 Å². The Morgan fingerprint density at radius 3 is 2.67 bits per heavy atom. The molecule has 0 saturated heterocycles. The van der Waals surface area contributed by atoms with Crippen LogP contribution in [0.25, 0.3) is 21.3 Å². The second-order valence-electron chi connectivity index (χ2n) is 7.35. The highest BCUT2D eigenvalue weighted by Gasteiger charge is 2.15. The zero-order chi connectivity index (χ0) is 23.5. The number of aromatic nitrogens is 2. The molecule has 0 unspecified atom stereocenters. The van der Waals surface area contributed by atoms with Crippen LogP contribution < -0.4 is 16.4 Å². The van der Waals surface area contributed by atoms with Crippen molar-refractivity contribution in [2.45, 2.75) is 19.9 Å². The van der Waals surface area contributed by atoms with Crippen molar-refractivity contribution in [1.29, 1.82) is 0 Å². The number of nitrogens with one attached hydrogen (secondary N) is 2. The van der Waals surface area contributed by atoms with Gasteiger partial charge in [0.05, 0.1) is 17.3 Å². The highest BCUT2D eigenvalue weighted by atomic mass is 35.5. The van der Waals surface area contributed by atoms with Gasteiger partial charge < -0.3 is 5.11 Å². The molecule has 2 heterocycles. The van der Waals surface area contributed by atoms with Crippen molar-refractivity contribution in [2.24, 2.45) is 0 Å². The summed E-state index contributed by atoms with van der Waals surface area (Å²) in [4.78, 5) is 42.4. The van der Waals surface area contributed by atoms with Crippen LogP contribution in [-0.4, -0.2) is 26.5 Å². The molecule has 33 heavy (non-hydrogen) atoms. The first-order chi connectivity index (χ1) is 15.8. The van der Waals surface area contributed by atoms with Crippen LogP contribution in [0.2, 0.25) is 5.02 Å². The Morgan fingerprint density at radius 1 is 1.15 bits per heavy atom. The fraction of sp³-hybridized carbons (Fsp3) is 0.130. The van der Waals surface area contributed by atoms with Crippen LogP contribution in [0.15, 0.2) is 59.0 Å². The molecule has 4 rings (SSSR count). The molecule has 0 aliphatic carbocycles. The number of hydrogen-bond acceptors (Lipinski definition) is 6. The van der Waals surface area contributed by atoms with Crippen LogP contribution in [0.3, 0.4) is 0 Å². The number of carbonyl (C=O) groups is 2. The molecule has 8 nitrogen and oxygen atoms in total. The van der Waals surface area contributed by atoms with E-state index in [0.717, 1.165) is 16.7 Å². The van der Waals surface area contributed by atoms with Crippen molar-refractivity contribution in [3.8, 4) is 16.9 Å². The maximum Gasteiger partial charge on any atom is 0.273 e. The van der Waals surface area contributed by atoms with Crippen LogP contribution in [-0.2, 0) is 11.3 Å². The summed E-state index contributed by atoms with van der Waals surface area (Å²) >= 11 is 7.22. The quantitative estimate of drug-likeness (QED) is 0.376. The maximum absolute atomic E-state index is 13.1. The molecule has 10 heteroatoms. The number of carbonyl (C=O) groups excluding carboxylic acids is 2. The maximum atomic E-state index is 13.1. The smallest absolute Gasteiger partial charge is 0.273 e. The van der Waals surface area contributed by atoms with Crippen LogP contribution in [0.1, 0.15) is 22.3 Å². The summed E-state index contributed by atoms with van der Waals surface area (Å²) in [6.07, 6.45) is 1.34. The molecule has 0 aliphatic heterocycles. The van der Waals surface area contributed by atoms with E-state index in [2.05, 4.69) is 15.8 Å². The van der Waals surface area contributed by atoms with Gasteiger partial charge >= 0.3 is 0 Å². The van der Waals surface area contributed by atoms with Gasteiger partial charge in [-0.15, -0.1) is 11.3 Å². The number of fused-ring (bicyclic) bond motifs is 1. The summed E-state index contributed by atoms with van der Waals surface area (Å²) in [5.41, 5.74) is 7.03. The summed E-state index contributed by atoms with van der Waals surface area (Å²) < 4.78 is 1.37. The van der Waals surface area contributed by atoms with E-state index >= 15 is 0 Å². The topological polar surface area (TPSA) is 113 Å². The van der Waals surface area contributed by atoms with Crippen LogP contribution in [0.5, 0.6) is 5.75 Å². The first kappa shape index (κ1) is 22.5. The van der Waals surface area contributed by atoms with Crippen molar-refractivity contribution in [1.82, 2.24) is 20.4 Å². The monoisotopic (exact) mass is 482 g/mol. The third-order valence-corrected chi connectivity index (χ3v) is 6.14. The van der Waals surface area contributed by atoms with E-state index in [9.17, 15) is 19.5 Å². The Kier molecular flexibility index (Phi) is 6.43. The number of hydrogen-bond donors (Lipinski definition) is 3. The van der Waals surface area contributed by atoms with Gasteiger partial charge in [0.25, 0.3) is 11.5 Å². The Balaban J connectivity index is 1.44. The summed E-state index contributed by atoms with van der Waals surface area (Å²) in [5, 5.41) is 12.4. The van der Waals surface area contributed by atoms with Gasteiger partial charge in [-0.1, -0.05) is 41.4 Å². The summed E-state index contributed by atoms with van der Waals surface area (Å²) in [5.74, 6) is -1.50. The van der Waals surface area contributed by atoms with Gasteiger partial charge in [0.15, 0.2) is 0 Å². The number of aromatic hydroxyl groups is 1. The number of phenolic OH excluding ortho intramolecular Hbond substituents is 1. The predicted octanol–water partition coefficient (Wildman–Crippen LogP) is 3.64. The second-order valence-corrected chi connectivity index (χ2v) is 8.65. The lowest BCUT2D eigenvalue weighted by Gasteiger charge is -2.10. The molecule has 0 bridgehead atoms. The van der Waals surface area contributed by atoms with Gasteiger partial charge in [0.2, 0.25) is 5.91 Å². The molecule has 2 amide bonds. The standard InChI is InChI=1S/C23H19ClN4O4S/c1-13-2-4-14(5-3-13)17-11-33-22-20(17)23(32)28(12-25-22)9-8-19(30)26-27-21(31)16-10-15(24)6-7-18(16)29/h2-7,10-12,29H,8-9H2,1H3,(H,26,30)(H,27,31). The van der Waals surface area contributed by atoms with Crippen molar-refractivity contribution >= 4 is 45.0 Å². The van der Waals surface area contributed by atoms with E-state index in [1.807, 2.05) is 36.6 Å². The first-order valence-electron chi connectivity index (χ1n) is 9.95. The summed E-state index contributed by atoms with van der Waals surface area (Å²) in [6, 6.07) is 11.9. The average Bonchev–Trinajstić information content (AvgIpc) is 3.24. The third-order valence-electron chi connectivity index (χ3n) is 5.02. The van der Waals surface area contributed by atoms with Crippen molar-refractivity contribution < 1.29 is 14.7 Å². The minimum atomic E-state index is -0.718. The third kappa shape index (κ3) is 4.89. The lowest BCUT2D eigenvalue weighted by atomic mass is 10.1. The normalized spacial score (nSPS) is 10.8. The minimum absolute atomic E-state index is 0.0705. The molecular weight excluding hydrogens is 464 g/mol. The zero-order valence-corrected chi connectivity index (χ0v) is 19.0. The highest BCUT2D eigenvalue weighted by Crippen LogP contribution is 2.30. The summed E-state index contributed by atoms with van der Waals surface area (Å²) in [6.45, 7) is 2.07. The van der Waals surface area contributed by atoms with Crippen molar-refractivity contribution in [3.63, 3.8) is 0 Å². The molecule has 0 saturated carbocycles. The van der Waals surface area contributed by atoms with Crippen molar-refractivity contribution in [2.75, 3.05) is 0 Å². The van der Waals surface area contributed by atoms with E-state index in [4.69, 9.17) is 11.6 Å². The largest absolute Gasteiger partial charge is 0.507 e. The van der Waals surface area contributed by atoms with E-state index in [1.165, 1.54) is 40.4 Å². The zero-order valence-electron chi connectivity index (χ0n) is 17.5. The van der Waals surface area contributed by atoms with Crippen LogP contribution >= 0.6 is 22.9 Å². The molecule has 0 aliphatic rings. The SMILES string of the molecule is Cc1ccc(-c2csc3ncn(CCC(=O)NNC(=O)c4cc(Cl)ccc4O)c(=O)c23)cc1. The number of thiophene rings is 1. The molecule has 0 fully saturated rings. The van der Waals surface area contributed by atoms with E-state index in [1.54, 1.807) is 0 Å². The summed E-state index contributed by atoms with van der Waals surface area (Å²) in [7, 11) is 0. The van der Waals surface area contributed by atoms with Crippen LogP contribution in [0.4, 0.5) is 0 Å². The molecule has 4 aromatic rings. The first-order valence-corrected chi connectivity index (χ1v) is 11.2. The van der Waals surface area contributed by atoms with Crippen LogP contribution in [0, 0.1) is 6.92 Å². The number of halogens is 1.